The van der Waals surface area contributed by atoms with Crippen molar-refractivity contribution < 1.29 is 9.90 Å². The third kappa shape index (κ3) is 2.52. The molecule has 1 aromatic rings. The summed E-state index contributed by atoms with van der Waals surface area (Å²) in [4.78, 5) is 18.9. The van der Waals surface area contributed by atoms with E-state index in [1.807, 2.05) is 0 Å². The van der Waals surface area contributed by atoms with Gasteiger partial charge in [0.25, 0.3) is 0 Å². The van der Waals surface area contributed by atoms with Crippen LogP contribution >= 0.6 is 0 Å². The smallest absolute Gasteiger partial charge is 0.307 e. The molecule has 1 fully saturated rings. The van der Waals surface area contributed by atoms with Crippen LogP contribution < -0.4 is 0 Å². The zero-order valence-electron chi connectivity index (χ0n) is 8.52. The summed E-state index contributed by atoms with van der Waals surface area (Å²) in [7, 11) is 0. The van der Waals surface area contributed by atoms with Gasteiger partial charge in [0.1, 0.15) is 5.82 Å². The number of nitrogens with zero attached hydrogens (tertiary/aromatic N) is 2. The van der Waals surface area contributed by atoms with Crippen molar-refractivity contribution in [2.24, 2.45) is 0 Å². The minimum atomic E-state index is -0.841. The molecule has 0 unspecified atom stereocenters. The summed E-state index contributed by atoms with van der Waals surface area (Å²) in [5.74, 6) is 0.526. The number of rotatable bonds is 3. The second-order valence-electron chi connectivity index (χ2n) is 4.00. The zero-order chi connectivity index (χ0) is 10.7. The van der Waals surface area contributed by atoms with E-state index in [0.717, 1.165) is 18.7 Å². The van der Waals surface area contributed by atoms with Crippen molar-refractivity contribution in [3.8, 4) is 0 Å². The first-order chi connectivity index (χ1) is 7.25. The second kappa shape index (κ2) is 4.38. The van der Waals surface area contributed by atoms with E-state index in [1.165, 1.54) is 12.8 Å². The molecule has 0 spiro atoms. The number of hydrogen-bond donors (Lipinski definition) is 1. The first-order valence-corrected chi connectivity index (χ1v) is 5.28. The van der Waals surface area contributed by atoms with Crippen LogP contribution in [0.15, 0.2) is 12.4 Å². The van der Waals surface area contributed by atoms with Crippen LogP contribution in [0.4, 0.5) is 0 Å². The van der Waals surface area contributed by atoms with Gasteiger partial charge in [-0.05, 0) is 18.4 Å². The molecular formula is C11H14N2O2. The van der Waals surface area contributed by atoms with Gasteiger partial charge in [0, 0.05) is 18.3 Å². The van der Waals surface area contributed by atoms with Crippen molar-refractivity contribution in [1.29, 1.82) is 0 Å². The van der Waals surface area contributed by atoms with E-state index in [1.54, 1.807) is 12.4 Å². The van der Waals surface area contributed by atoms with Gasteiger partial charge < -0.3 is 5.11 Å². The van der Waals surface area contributed by atoms with Crippen LogP contribution in [0.5, 0.6) is 0 Å². The Morgan fingerprint density at radius 2 is 1.93 bits per heavy atom. The molecule has 0 aromatic carbocycles. The molecule has 0 amide bonds. The van der Waals surface area contributed by atoms with E-state index in [9.17, 15) is 4.79 Å². The van der Waals surface area contributed by atoms with Gasteiger partial charge in [-0.2, -0.15) is 0 Å². The molecular weight excluding hydrogens is 192 g/mol. The lowest BCUT2D eigenvalue weighted by atomic mass is 10.1. The molecule has 1 aliphatic carbocycles. The molecule has 80 valence electrons. The fourth-order valence-corrected chi connectivity index (χ4v) is 2.03. The minimum absolute atomic E-state index is 0.00491. The quantitative estimate of drug-likeness (QED) is 0.818. The fourth-order valence-electron chi connectivity index (χ4n) is 2.03. The van der Waals surface area contributed by atoms with Crippen molar-refractivity contribution >= 4 is 5.97 Å². The average molecular weight is 206 g/mol. The highest BCUT2D eigenvalue weighted by Crippen LogP contribution is 2.31. The Balaban J connectivity index is 2.06. The zero-order valence-corrected chi connectivity index (χ0v) is 8.52. The Morgan fingerprint density at radius 1 is 1.33 bits per heavy atom. The van der Waals surface area contributed by atoms with Crippen molar-refractivity contribution in [2.75, 3.05) is 0 Å². The van der Waals surface area contributed by atoms with E-state index in [-0.39, 0.29) is 6.42 Å². The topological polar surface area (TPSA) is 63.1 Å². The van der Waals surface area contributed by atoms with Crippen LogP contribution in [0.25, 0.3) is 0 Å². The maximum absolute atomic E-state index is 10.5. The number of hydrogen-bond acceptors (Lipinski definition) is 3. The van der Waals surface area contributed by atoms with E-state index in [4.69, 9.17) is 5.11 Å². The minimum Gasteiger partial charge on any atom is -0.481 e. The third-order valence-corrected chi connectivity index (χ3v) is 2.80. The molecule has 0 saturated heterocycles. The highest BCUT2D eigenvalue weighted by atomic mass is 16.4. The molecule has 2 rings (SSSR count). The van der Waals surface area contributed by atoms with Crippen LogP contribution in [0.3, 0.4) is 0 Å². The van der Waals surface area contributed by atoms with Gasteiger partial charge in [0.2, 0.25) is 0 Å². The van der Waals surface area contributed by atoms with Gasteiger partial charge >= 0.3 is 5.97 Å². The van der Waals surface area contributed by atoms with Crippen molar-refractivity contribution in [2.45, 2.75) is 38.0 Å². The Labute approximate surface area is 88.4 Å². The van der Waals surface area contributed by atoms with E-state index in [0.29, 0.717) is 11.5 Å². The van der Waals surface area contributed by atoms with E-state index < -0.39 is 5.97 Å². The van der Waals surface area contributed by atoms with Crippen LogP contribution in [0.1, 0.15) is 43.0 Å². The number of aliphatic carboxylic acids is 1. The summed E-state index contributed by atoms with van der Waals surface area (Å²) >= 11 is 0. The first kappa shape index (κ1) is 10.1. The SMILES string of the molecule is O=C(O)Cc1cnc(C2CCCC2)nc1. The van der Waals surface area contributed by atoms with Gasteiger partial charge in [0.15, 0.2) is 0 Å². The maximum Gasteiger partial charge on any atom is 0.307 e. The van der Waals surface area contributed by atoms with Crippen molar-refractivity contribution in [3.05, 3.63) is 23.8 Å². The number of carbonyl (C=O) groups is 1. The number of aromatic nitrogens is 2. The largest absolute Gasteiger partial charge is 0.481 e. The molecule has 0 bridgehead atoms. The molecule has 1 aromatic heterocycles. The average Bonchev–Trinajstić information content (AvgIpc) is 2.71. The molecule has 1 N–H and O–H groups in total. The number of carboxylic acid groups (broad SMARTS) is 1. The summed E-state index contributed by atoms with van der Waals surface area (Å²) in [6.45, 7) is 0. The third-order valence-electron chi connectivity index (χ3n) is 2.80. The van der Waals surface area contributed by atoms with Crippen LogP contribution in [0, 0.1) is 0 Å². The van der Waals surface area contributed by atoms with Crippen molar-refractivity contribution in [1.82, 2.24) is 9.97 Å². The first-order valence-electron chi connectivity index (χ1n) is 5.28. The maximum atomic E-state index is 10.5. The molecule has 0 radical (unpaired) electrons. The molecule has 15 heavy (non-hydrogen) atoms. The Kier molecular flexibility index (Phi) is 2.94. The molecule has 4 heteroatoms. The summed E-state index contributed by atoms with van der Waals surface area (Å²) < 4.78 is 0. The van der Waals surface area contributed by atoms with Crippen LogP contribution in [-0.4, -0.2) is 21.0 Å². The van der Waals surface area contributed by atoms with E-state index in [2.05, 4.69) is 9.97 Å². The molecule has 1 heterocycles. The van der Waals surface area contributed by atoms with Crippen molar-refractivity contribution in [3.63, 3.8) is 0 Å². The fraction of sp³-hybridized carbons (Fsp3) is 0.545. The molecule has 1 saturated carbocycles. The monoisotopic (exact) mass is 206 g/mol. The lowest BCUT2D eigenvalue weighted by molar-refractivity contribution is -0.136. The van der Waals surface area contributed by atoms with Gasteiger partial charge in [-0.3, -0.25) is 4.79 Å². The van der Waals surface area contributed by atoms with Gasteiger partial charge in [-0.1, -0.05) is 12.8 Å². The lowest BCUT2D eigenvalue weighted by Crippen LogP contribution is -2.04. The molecule has 0 aliphatic heterocycles. The van der Waals surface area contributed by atoms with E-state index >= 15 is 0 Å². The molecule has 4 nitrogen and oxygen atoms in total. The van der Waals surface area contributed by atoms with Gasteiger partial charge in [-0.25, -0.2) is 9.97 Å². The van der Waals surface area contributed by atoms with Crippen LogP contribution in [-0.2, 0) is 11.2 Å². The highest BCUT2D eigenvalue weighted by molar-refractivity contribution is 5.69. The predicted molar refractivity (Wildman–Crippen MR) is 54.6 cm³/mol. The molecule has 1 aliphatic rings. The Hall–Kier alpha value is -1.45. The number of carboxylic acids is 1. The lowest BCUT2D eigenvalue weighted by Gasteiger charge is -2.06. The Morgan fingerprint density at radius 3 is 2.47 bits per heavy atom. The van der Waals surface area contributed by atoms with Crippen LogP contribution in [0.2, 0.25) is 0 Å². The summed E-state index contributed by atoms with van der Waals surface area (Å²) in [5.41, 5.74) is 0.671. The summed E-state index contributed by atoms with van der Waals surface area (Å²) in [6.07, 6.45) is 8.11. The Bertz CT molecular complexity index is 342. The second-order valence-corrected chi connectivity index (χ2v) is 4.00. The molecule has 0 atom stereocenters. The standard InChI is InChI=1S/C11H14N2O2/c14-10(15)5-8-6-12-11(13-7-8)9-3-1-2-4-9/h6-7,9H,1-5H2,(H,14,15). The predicted octanol–water partition coefficient (Wildman–Crippen LogP) is 1.76. The van der Waals surface area contributed by atoms with Gasteiger partial charge in [-0.15, -0.1) is 0 Å². The van der Waals surface area contributed by atoms with Gasteiger partial charge in [0.05, 0.1) is 6.42 Å². The normalized spacial score (nSPS) is 16.8. The highest BCUT2D eigenvalue weighted by Gasteiger charge is 2.19. The summed E-state index contributed by atoms with van der Waals surface area (Å²) in [6, 6.07) is 0. The summed E-state index contributed by atoms with van der Waals surface area (Å²) in [5, 5.41) is 8.59.